The predicted molar refractivity (Wildman–Crippen MR) is 80.9 cm³/mol. The fourth-order valence-electron chi connectivity index (χ4n) is 2.77. The van der Waals surface area contributed by atoms with Gasteiger partial charge in [0.15, 0.2) is 0 Å². The molecule has 0 saturated heterocycles. The standard InChI is InChI=1S/C17H29N/c1-6-11-17(5,16(18)12-13(2)3)15-9-7-14(4)8-10-15/h7-10,13,16H,6,11-12,18H2,1-5H3. The highest BCUT2D eigenvalue weighted by atomic mass is 14.7. The second kappa shape index (κ2) is 6.38. The first-order chi connectivity index (χ1) is 8.40. The molecule has 2 unspecified atom stereocenters. The summed E-state index contributed by atoms with van der Waals surface area (Å²) in [5.74, 6) is 0.654. The van der Waals surface area contributed by atoms with Gasteiger partial charge in [0.05, 0.1) is 0 Å². The first-order valence-electron chi connectivity index (χ1n) is 7.23. The third kappa shape index (κ3) is 3.58. The number of hydrogen-bond acceptors (Lipinski definition) is 1. The zero-order valence-electron chi connectivity index (χ0n) is 12.7. The van der Waals surface area contributed by atoms with Crippen molar-refractivity contribution in [3.63, 3.8) is 0 Å². The first kappa shape index (κ1) is 15.2. The topological polar surface area (TPSA) is 26.0 Å². The maximum absolute atomic E-state index is 6.51. The molecule has 2 N–H and O–H groups in total. The molecule has 0 radical (unpaired) electrons. The number of aryl methyl sites for hydroxylation is 1. The molecule has 0 heterocycles. The molecule has 102 valence electrons. The quantitative estimate of drug-likeness (QED) is 0.791. The summed E-state index contributed by atoms with van der Waals surface area (Å²) in [4.78, 5) is 0. The van der Waals surface area contributed by atoms with E-state index in [4.69, 9.17) is 5.73 Å². The summed E-state index contributed by atoms with van der Waals surface area (Å²) in [7, 11) is 0. The molecule has 1 heteroatoms. The van der Waals surface area contributed by atoms with Crippen LogP contribution in [0.3, 0.4) is 0 Å². The smallest absolute Gasteiger partial charge is 0.0136 e. The van der Waals surface area contributed by atoms with Crippen LogP contribution in [0.15, 0.2) is 24.3 Å². The van der Waals surface area contributed by atoms with Crippen LogP contribution in [0.4, 0.5) is 0 Å². The van der Waals surface area contributed by atoms with Gasteiger partial charge in [0.2, 0.25) is 0 Å². The van der Waals surface area contributed by atoms with E-state index < -0.39 is 0 Å². The van der Waals surface area contributed by atoms with Crippen LogP contribution >= 0.6 is 0 Å². The van der Waals surface area contributed by atoms with Crippen LogP contribution < -0.4 is 5.73 Å². The van der Waals surface area contributed by atoms with Gasteiger partial charge in [-0.15, -0.1) is 0 Å². The van der Waals surface area contributed by atoms with E-state index >= 15 is 0 Å². The Labute approximate surface area is 113 Å². The van der Waals surface area contributed by atoms with Crippen LogP contribution in [0.5, 0.6) is 0 Å². The highest BCUT2D eigenvalue weighted by molar-refractivity contribution is 5.29. The van der Waals surface area contributed by atoms with Crippen molar-refractivity contribution in [1.29, 1.82) is 0 Å². The van der Waals surface area contributed by atoms with Gasteiger partial charge >= 0.3 is 0 Å². The van der Waals surface area contributed by atoms with Crippen LogP contribution in [-0.4, -0.2) is 6.04 Å². The molecule has 0 aromatic heterocycles. The number of rotatable bonds is 6. The first-order valence-corrected chi connectivity index (χ1v) is 7.23. The van der Waals surface area contributed by atoms with Crippen molar-refractivity contribution in [1.82, 2.24) is 0 Å². The highest BCUT2D eigenvalue weighted by Crippen LogP contribution is 2.34. The lowest BCUT2D eigenvalue weighted by atomic mass is 9.70. The Morgan fingerprint density at radius 1 is 1.17 bits per heavy atom. The largest absolute Gasteiger partial charge is 0.327 e. The fraction of sp³-hybridized carbons (Fsp3) is 0.647. The Bertz CT molecular complexity index is 352. The summed E-state index contributed by atoms with van der Waals surface area (Å²) in [6, 6.07) is 9.15. The third-order valence-corrected chi connectivity index (χ3v) is 4.02. The minimum atomic E-state index is 0.104. The van der Waals surface area contributed by atoms with Gasteiger partial charge in [-0.1, -0.05) is 63.9 Å². The summed E-state index contributed by atoms with van der Waals surface area (Å²) >= 11 is 0. The van der Waals surface area contributed by atoms with E-state index in [0.29, 0.717) is 5.92 Å². The second-order valence-corrected chi connectivity index (χ2v) is 6.27. The van der Waals surface area contributed by atoms with E-state index in [1.165, 1.54) is 17.5 Å². The van der Waals surface area contributed by atoms with Crippen LogP contribution in [0.2, 0.25) is 0 Å². The summed E-state index contributed by atoms with van der Waals surface area (Å²) in [6.45, 7) is 11.2. The summed E-state index contributed by atoms with van der Waals surface area (Å²) < 4.78 is 0. The molecule has 0 aliphatic rings. The SMILES string of the molecule is CCCC(C)(c1ccc(C)cc1)C(N)CC(C)C. The zero-order chi connectivity index (χ0) is 13.8. The molecule has 1 aromatic carbocycles. The average Bonchev–Trinajstić information content (AvgIpc) is 2.29. The van der Waals surface area contributed by atoms with E-state index in [2.05, 4.69) is 58.9 Å². The van der Waals surface area contributed by atoms with Crippen LogP contribution in [0, 0.1) is 12.8 Å². The fourth-order valence-corrected chi connectivity index (χ4v) is 2.77. The maximum atomic E-state index is 6.51. The van der Waals surface area contributed by atoms with Gasteiger partial charge in [-0.2, -0.15) is 0 Å². The molecule has 2 atom stereocenters. The summed E-state index contributed by atoms with van der Waals surface area (Å²) in [6.07, 6.45) is 3.42. The van der Waals surface area contributed by atoms with Crippen LogP contribution in [-0.2, 0) is 5.41 Å². The monoisotopic (exact) mass is 247 g/mol. The molecule has 0 bridgehead atoms. The van der Waals surface area contributed by atoms with E-state index in [9.17, 15) is 0 Å². The lowest BCUT2D eigenvalue weighted by Crippen LogP contribution is -2.44. The third-order valence-electron chi connectivity index (χ3n) is 4.02. The zero-order valence-corrected chi connectivity index (χ0v) is 12.7. The van der Waals surface area contributed by atoms with E-state index in [1.807, 2.05) is 0 Å². The van der Waals surface area contributed by atoms with Gasteiger partial charge in [-0.3, -0.25) is 0 Å². The van der Waals surface area contributed by atoms with Crippen LogP contribution in [0.25, 0.3) is 0 Å². The Balaban J connectivity index is 3.01. The Hall–Kier alpha value is -0.820. The molecule has 1 nitrogen and oxygen atoms in total. The molecule has 1 aromatic rings. The molecule has 0 saturated carbocycles. The molecule has 0 aliphatic heterocycles. The van der Waals surface area contributed by atoms with Gasteiger partial charge < -0.3 is 5.73 Å². The van der Waals surface area contributed by atoms with E-state index in [1.54, 1.807) is 0 Å². The van der Waals surface area contributed by atoms with Crippen molar-refractivity contribution in [2.24, 2.45) is 11.7 Å². The molecule has 0 spiro atoms. The minimum absolute atomic E-state index is 0.104. The highest BCUT2D eigenvalue weighted by Gasteiger charge is 2.32. The van der Waals surface area contributed by atoms with Crippen molar-refractivity contribution in [2.75, 3.05) is 0 Å². The normalized spacial score (nSPS) is 16.6. The van der Waals surface area contributed by atoms with Gasteiger partial charge in [-0.05, 0) is 31.2 Å². The molecular formula is C17H29N. The molecular weight excluding hydrogens is 218 g/mol. The van der Waals surface area contributed by atoms with Crippen molar-refractivity contribution in [3.8, 4) is 0 Å². The van der Waals surface area contributed by atoms with Crippen LogP contribution in [0.1, 0.15) is 58.1 Å². The number of nitrogens with two attached hydrogens (primary N) is 1. The Morgan fingerprint density at radius 3 is 2.17 bits per heavy atom. The number of hydrogen-bond donors (Lipinski definition) is 1. The van der Waals surface area contributed by atoms with Crippen molar-refractivity contribution < 1.29 is 0 Å². The lowest BCUT2D eigenvalue weighted by Gasteiger charge is -2.37. The molecule has 0 amide bonds. The molecule has 1 rings (SSSR count). The Morgan fingerprint density at radius 2 is 1.72 bits per heavy atom. The lowest BCUT2D eigenvalue weighted by molar-refractivity contribution is 0.304. The predicted octanol–water partition coefficient (Wildman–Crippen LogP) is 4.43. The summed E-state index contributed by atoms with van der Waals surface area (Å²) in [5.41, 5.74) is 9.32. The maximum Gasteiger partial charge on any atom is 0.0136 e. The second-order valence-electron chi connectivity index (χ2n) is 6.27. The van der Waals surface area contributed by atoms with Crippen molar-refractivity contribution in [3.05, 3.63) is 35.4 Å². The van der Waals surface area contributed by atoms with E-state index in [0.717, 1.165) is 12.8 Å². The Kier molecular flexibility index (Phi) is 5.40. The molecule has 0 aliphatic carbocycles. The number of benzene rings is 1. The van der Waals surface area contributed by atoms with Gasteiger partial charge in [0.25, 0.3) is 0 Å². The van der Waals surface area contributed by atoms with Crippen molar-refractivity contribution >= 4 is 0 Å². The average molecular weight is 247 g/mol. The molecule has 18 heavy (non-hydrogen) atoms. The summed E-state index contributed by atoms with van der Waals surface area (Å²) in [5, 5.41) is 0. The van der Waals surface area contributed by atoms with E-state index in [-0.39, 0.29) is 11.5 Å². The van der Waals surface area contributed by atoms with Gasteiger partial charge in [0.1, 0.15) is 0 Å². The molecule has 0 fully saturated rings. The van der Waals surface area contributed by atoms with Gasteiger partial charge in [-0.25, -0.2) is 0 Å². The minimum Gasteiger partial charge on any atom is -0.327 e. The van der Waals surface area contributed by atoms with Gasteiger partial charge in [0, 0.05) is 11.5 Å². The van der Waals surface area contributed by atoms with Crippen molar-refractivity contribution in [2.45, 2.75) is 65.3 Å².